The zero-order valence-corrected chi connectivity index (χ0v) is 13.1. The van der Waals surface area contributed by atoms with Gasteiger partial charge in [-0.3, -0.25) is 0 Å². The fourth-order valence-electron chi connectivity index (χ4n) is 1.64. The molecule has 0 aliphatic heterocycles. The van der Waals surface area contributed by atoms with E-state index >= 15 is 0 Å². The minimum Gasteiger partial charge on any atom is -0.486 e. The number of rotatable bonds is 3. The molecule has 0 aliphatic carbocycles. The van der Waals surface area contributed by atoms with E-state index in [9.17, 15) is 4.39 Å². The second-order valence-electron chi connectivity index (χ2n) is 4.08. The van der Waals surface area contributed by atoms with E-state index in [1.807, 2.05) is 0 Å². The van der Waals surface area contributed by atoms with Crippen LogP contribution in [0.2, 0.25) is 10.0 Å². The first-order valence-corrected chi connectivity index (χ1v) is 7.31. The van der Waals surface area contributed by atoms with Crippen LogP contribution in [0, 0.1) is 17.7 Å². The summed E-state index contributed by atoms with van der Waals surface area (Å²) in [4.78, 5) is 0. The molecule has 2 aromatic rings. The fraction of sp³-hybridized carbons (Fsp3) is 0.125. The summed E-state index contributed by atoms with van der Waals surface area (Å²) < 4.78 is 19.2. The molecule has 1 nitrogen and oxygen atoms in total. The predicted octanol–water partition coefficient (Wildman–Crippen LogP) is 5.30. The van der Waals surface area contributed by atoms with Gasteiger partial charge in [-0.15, -0.1) is 11.6 Å². The largest absolute Gasteiger partial charge is 0.486 e. The van der Waals surface area contributed by atoms with Gasteiger partial charge in [0.05, 0.1) is 15.9 Å². The van der Waals surface area contributed by atoms with Gasteiger partial charge in [0.1, 0.15) is 6.61 Å². The van der Waals surface area contributed by atoms with Crippen molar-refractivity contribution >= 4 is 34.8 Å². The smallest absolute Gasteiger partial charge is 0.165 e. The van der Waals surface area contributed by atoms with Crippen LogP contribution in [-0.2, 0) is 6.61 Å². The van der Waals surface area contributed by atoms with Gasteiger partial charge in [0, 0.05) is 11.1 Å². The van der Waals surface area contributed by atoms with E-state index in [1.54, 1.807) is 24.3 Å². The second-order valence-corrected chi connectivity index (χ2v) is 5.13. The maximum atomic E-state index is 13.7. The highest BCUT2D eigenvalue weighted by atomic mass is 35.5. The Morgan fingerprint density at radius 2 is 1.95 bits per heavy atom. The van der Waals surface area contributed by atoms with Crippen molar-refractivity contribution in [3.8, 4) is 17.6 Å². The van der Waals surface area contributed by atoms with Gasteiger partial charge >= 0.3 is 0 Å². The number of benzene rings is 2. The topological polar surface area (TPSA) is 9.23 Å². The molecule has 0 unspecified atom stereocenters. The molecule has 21 heavy (non-hydrogen) atoms. The number of hydrogen-bond acceptors (Lipinski definition) is 1. The minimum atomic E-state index is -0.468. The molecule has 0 N–H and O–H groups in total. The Kier molecular flexibility index (Phi) is 5.76. The van der Waals surface area contributed by atoms with E-state index in [0.717, 1.165) is 0 Å². The third-order valence-electron chi connectivity index (χ3n) is 2.65. The molecule has 0 spiro atoms. The summed E-state index contributed by atoms with van der Waals surface area (Å²) >= 11 is 17.5. The van der Waals surface area contributed by atoms with Crippen LogP contribution in [0.4, 0.5) is 4.39 Å². The van der Waals surface area contributed by atoms with Crippen LogP contribution in [-0.4, -0.2) is 5.88 Å². The van der Waals surface area contributed by atoms with Crippen molar-refractivity contribution in [2.45, 2.75) is 6.61 Å². The molecule has 108 valence electrons. The van der Waals surface area contributed by atoms with Crippen LogP contribution in [0.15, 0.2) is 36.4 Å². The molecule has 0 amide bonds. The Bertz CT molecular complexity index is 704. The second kappa shape index (κ2) is 7.56. The molecule has 0 radical (unpaired) electrons. The summed E-state index contributed by atoms with van der Waals surface area (Å²) in [5, 5.41) is 0.831. The highest BCUT2D eigenvalue weighted by Gasteiger charge is 2.08. The molecule has 0 aliphatic rings. The van der Waals surface area contributed by atoms with Crippen molar-refractivity contribution in [2.75, 3.05) is 5.88 Å². The zero-order valence-electron chi connectivity index (χ0n) is 10.8. The van der Waals surface area contributed by atoms with E-state index < -0.39 is 5.82 Å². The number of halogens is 4. The van der Waals surface area contributed by atoms with Gasteiger partial charge in [-0.2, -0.15) is 0 Å². The van der Waals surface area contributed by atoms with Gasteiger partial charge in [-0.1, -0.05) is 47.2 Å². The van der Waals surface area contributed by atoms with Crippen molar-refractivity contribution in [1.82, 2.24) is 0 Å². The molecule has 0 bridgehead atoms. The van der Waals surface area contributed by atoms with Crippen LogP contribution >= 0.6 is 34.8 Å². The average molecular weight is 344 g/mol. The lowest BCUT2D eigenvalue weighted by molar-refractivity contribution is 0.290. The number of alkyl halides is 1. The van der Waals surface area contributed by atoms with Crippen molar-refractivity contribution in [1.29, 1.82) is 0 Å². The molecule has 0 fully saturated rings. The highest BCUT2D eigenvalue weighted by Crippen LogP contribution is 2.27. The van der Waals surface area contributed by atoms with Crippen LogP contribution in [0.25, 0.3) is 0 Å². The third-order valence-corrected chi connectivity index (χ3v) is 3.64. The lowest BCUT2D eigenvalue weighted by Crippen LogP contribution is -1.99. The van der Waals surface area contributed by atoms with Gasteiger partial charge < -0.3 is 4.74 Å². The van der Waals surface area contributed by atoms with Crippen molar-refractivity contribution < 1.29 is 9.13 Å². The number of hydrogen-bond donors (Lipinski definition) is 0. The van der Waals surface area contributed by atoms with E-state index in [-0.39, 0.29) is 18.2 Å². The van der Waals surface area contributed by atoms with E-state index in [0.29, 0.717) is 21.2 Å². The molecule has 5 heteroatoms. The Balaban J connectivity index is 2.17. The van der Waals surface area contributed by atoms with Crippen LogP contribution < -0.4 is 4.74 Å². The Hall–Kier alpha value is -1.40. The monoisotopic (exact) mass is 342 g/mol. The molecule has 0 aromatic heterocycles. The minimum absolute atomic E-state index is 0.104. The van der Waals surface area contributed by atoms with E-state index in [1.165, 1.54) is 12.1 Å². The third kappa shape index (κ3) is 4.28. The maximum absolute atomic E-state index is 13.7. The highest BCUT2D eigenvalue weighted by molar-refractivity contribution is 6.42. The molecule has 0 saturated carbocycles. The SMILES string of the molecule is Fc1ccc(C#CCCl)cc1OCc1cccc(Cl)c1Cl. The molecule has 0 heterocycles. The molecule has 0 saturated heterocycles. The Labute approximate surface area is 137 Å². The van der Waals surface area contributed by atoms with Crippen LogP contribution in [0.1, 0.15) is 11.1 Å². The quantitative estimate of drug-likeness (QED) is 0.542. The first kappa shape index (κ1) is 16.0. The Morgan fingerprint density at radius 3 is 2.71 bits per heavy atom. The van der Waals surface area contributed by atoms with Gasteiger partial charge in [-0.25, -0.2) is 4.39 Å². The molecular formula is C16H10Cl3FO. The normalized spacial score (nSPS) is 9.90. The first-order chi connectivity index (χ1) is 10.1. The number of ether oxygens (including phenoxy) is 1. The molecule has 0 atom stereocenters. The van der Waals surface area contributed by atoms with Gasteiger partial charge in [0.2, 0.25) is 0 Å². The molecule has 2 aromatic carbocycles. The Morgan fingerprint density at radius 1 is 1.14 bits per heavy atom. The van der Waals surface area contributed by atoms with Crippen molar-refractivity contribution in [3.05, 3.63) is 63.4 Å². The first-order valence-electron chi connectivity index (χ1n) is 6.02. The standard InChI is InChI=1S/C16H10Cl3FO/c17-8-2-3-11-6-7-14(20)15(9-11)21-10-12-4-1-5-13(18)16(12)19/h1,4-7,9H,8,10H2. The van der Waals surface area contributed by atoms with Crippen LogP contribution in [0.5, 0.6) is 5.75 Å². The summed E-state index contributed by atoms with van der Waals surface area (Å²) in [7, 11) is 0. The van der Waals surface area contributed by atoms with Gasteiger partial charge in [-0.05, 0) is 24.3 Å². The fourth-order valence-corrected chi connectivity index (χ4v) is 2.08. The lowest BCUT2D eigenvalue weighted by Gasteiger charge is -2.09. The summed E-state index contributed by atoms with van der Waals surface area (Å²) in [5.74, 6) is 5.36. The molecular weight excluding hydrogens is 334 g/mol. The van der Waals surface area contributed by atoms with E-state index in [2.05, 4.69) is 11.8 Å². The predicted molar refractivity (Wildman–Crippen MR) is 84.8 cm³/mol. The van der Waals surface area contributed by atoms with E-state index in [4.69, 9.17) is 39.5 Å². The van der Waals surface area contributed by atoms with Gasteiger partial charge in [0.25, 0.3) is 0 Å². The lowest BCUT2D eigenvalue weighted by atomic mass is 10.2. The average Bonchev–Trinajstić information content (AvgIpc) is 2.49. The van der Waals surface area contributed by atoms with Gasteiger partial charge in [0.15, 0.2) is 11.6 Å². The zero-order chi connectivity index (χ0) is 15.2. The maximum Gasteiger partial charge on any atom is 0.165 e. The molecule has 2 rings (SSSR count). The summed E-state index contributed by atoms with van der Waals surface area (Å²) in [6, 6.07) is 9.58. The van der Waals surface area contributed by atoms with Crippen molar-refractivity contribution in [2.24, 2.45) is 0 Å². The summed E-state index contributed by atoms with van der Waals surface area (Å²) in [5.41, 5.74) is 1.31. The van der Waals surface area contributed by atoms with Crippen LogP contribution in [0.3, 0.4) is 0 Å². The summed E-state index contributed by atoms with van der Waals surface area (Å²) in [6.45, 7) is 0.114. The van der Waals surface area contributed by atoms with Crippen molar-refractivity contribution in [3.63, 3.8) is 0 Å². The summed E-state index contributed by atoms with van der Waals surface area (Å²) in [6.07, 6.45) is 0.